The fourth-order valence-electron chi connectivity index (χ4n) is 3.30. The van der Waals surface area contributed by atoms with Gasteiger partial charge in [-0.25, -0.2) is 4.68 Å². The van der Waals surface area contributed by atoms with Crippen LogP contribution in [0.5, 0.6) is 5.75 Å². The lowest BCUT2D eigenvalue weighted by molar-refractivity contribution is -0.256. The van der Waals surface area contributed by atoms with Crippen LogP contribution in [0.4, 0.5) is 22.0 Å². The molecule has 4 nitrogen and oxygen atoms in total. The van der Waals surface area contributed by atoms with E-state index in [9.17, 15) is 27.1 Å². The molecular weight excluding hydrogens is 463 g/mol. The molecule has 1 N–H and O–H groups in total. The molecule has 0 bridgehead atoms. The number of hydrogen-bond acceptors (Lipinski definition) is 4. The van der Waals surface area contributed by atoms with Crippen LogP contribution in [0.1, 0.15) is 5.56 Å². The van der Waals surface area contributed by atoms with Gasteiger partial charge in [-0.05, 0) is 54.1 Å². The Morgan fingerprint density at radius 3 is 2.30 bits per heavy atom. The molecule has 0 aliphatic carbocycles. The van der Waals surface area contributed by atoms with E-state index in [4.69, 9.17) is 0 Å². The molecule has 4 aromatic rings. The minimum Gasteiger partial charge on any atom is -0.435 e. The zero-order valence-corrected chi connectivity index (χ0v) is 17.7. The second-order valence-electron chi connectivity index (χ2n) is 7.16. The summed E-state index contributed by atoms with van der Waals surface area (Å²) in [5.41, 5.74) is -2.11. The van der Waals surface area contributed by atoms with E-state index in [1.807, 2.05) is 30.3 Å². The number of thioether (sulfide) groups is 1. The van der Waals surface area contributed by atoms with Crippen LogP contribution in [-0.2, 0) is 5.60 Å². The van der Waals surface area contributed by atoms with Crippen molar-refractivity contribution in [2.75, 3.05) is 5.75 Å². The zero-order chi connectivity index (χ0) is 23.6. The van der Waals surface area contributed by atoms with Crippen LogP contribution >= 0.6 is 11.8 Å². The standard InChI is InChI=1S/C23H17F5N2O2S/c24-21(25)32-18-7-9-19(10-8-18)33-14-22(31,23(26,27)28)16-6-11-20-15(12-16)13-29-30(20)17-4-2-1-3-5-17/h1-13,21,31H,14H2. The number of aromatic nitrogens is 2. The van der Waals surface area contributed by atoms with E-state index in [1.54, 1.807) is 4.68 Å². The highest BCUT2D eigenvalue weighted by Gasteiger charge is 2.55. The number of hydrogen-bond donors (Lipinski definition) is 1. The Morgan fingerprint density at radius 2 is 1.67 bits per heavy atom. The summed E-state index contributed by atoms with van der Waals surface area (Å²) in [4.78, 5) is 0.359. The molecule has 1 unspecified atom stereocenters. The molecule has 33 heavy (non-hydrogen) atoms. The van der Waals surface area contributed by atoms with Gasteiger partial charge < -0.3 is 9.84 Å². The van der Waals surface area contributed by atoms with Crippen LogP contribution < -0.4 is 4.74 Å². The van der Waals surface area contributed by atoms with Gasteiger partial charge in [0.15, 0.2) is 5.60 Å². The van der Waals surface area contributed by atoms with E-state index in [-0.39, 0.29) is 11.3 Å². The van der Waals surface area contributed by atoms with Crippen LogP contribution in [0.25, 0.3) is 16.6 Å². The minimum absolute atomic E-state index is 0.110. The van der Waals surface area contributed by atoms with Gasteiger partial charge in [0.05, 0.1) is 17.4 Å². The summed E-state index contributed by atoms with van der Waals surface area (Å²) in [5, 5.41) is 15.4. The summed E-state index contributed by atoms with van der Waals surface area (Å²) >= 11 is 0.750. The van der Waals surface area contributed by atoms with Crippen LogP contribution in [0, 0.1) is 0 Å². The van der Waals surface area contributed by atoms with E-state index >= 15 is 0 Å². The molecule has 3 aromatic carbocycles. The number of nitrogens with zero attached hydrogens (tertiary/aromatic N) is 2. The summed E-state index contributed by atoms with van der Waals surface area (Å²) in [6, 6.07) is 18.3. The van der Waals surface area contributed by atoms with Crippen molar-refractivity contribution in [2.45, 2.75) is 23.3 Å². The highest BCUT2D eigenvalue weighted by Crippen LogP contribution is 2.43. The van der Waals surface area contributed by atoms with Gasteiger partial charge in [0.25, 0.3) is 0 Å². The van der Waals surface area contributed by atoms with Crippen molar-refractivity contribution in [3.8, 4) is 11.4 Å². The van der Waals surface area contributed by atoms with Crippen molar-refractivity contribution >= 4 is 22.7 Å². The summed E-state index contributed by atoms with van der Waals surface area (Å²) in [5.74, 6) is -0.842. The molecule has 0 saturated carbocycles. The molecule has 0 amide bonds. The number of benzene rings is 3. The van der Waals surface area contributed by atoms with Crippen molar-refractivity contribution in [1.29, 1.82) is 0 Å². The molecule has 0 aliphatic heterocycles. The first kappa shape index (κ1) is 23.1. The van der Waals surface area contributed by atoms with Crippen molar-refractivity contribution in [3.63, 3.8) is 0 Å². The van der Waals surface area contributed by atoms with Crippen LogP contribution in [0.15, 0.2) is 83.9 Å². The van der Waals surface area contributed by atoms with Gasteiger partial charge in [-0.1, -0.05) is 24.3 Å². The molecule has 4 rings (SSSR count). The molecule has 0 radical (unpaired) electrons. The van der Waals surface area contributed by atoms with Crippen molar-refractivity contribution in [2.24, 2.45) is 0 Å². The van der Waals surface area contributed by atoms with Crippen LogP contribution in [-0.4, -0.2) is 33.4 Å². The van der Waals surface area contributed by atoms with Gasteiger partial charge in [0.1, 0.15) is 5.75 Å². The van der Waals surface area contributed by atoms with Gasteiger partial charge in [-0.3, -0.25) is 0 Å². The third-order valence-electron chi connectivity index (χ3n) is 5.01. The molecule has 0 spiro atoms. The minimum atomic E-state index is -4.96. The maximum atomic E-state index is 14.0. The number of para-hydroxylation sites is 1. The first-order valence-corrected chi connectivity index (χ1v) is 10.7. The first-order chi connectivity index (χ1) is 15.7. The van der Waals surface area contributed by atoms with Gasteiger partial charge in [0.2, 0.25) is 0 Å². The average molecular weight is 480 g/mol. The summed E-state index contributed by atoms with van der Waals surface area (Å²) in [6.07, 6.45) is -3.51. The summed E-state index contributed by atoms with van der Waals surface area (Å²) < 4.78 is 72.3. The number of halogens is 5. The monoisotopic (exact) mass is 480 g/mol. The molecule has 1 atom stereocenters. The fraction of sp³-hybridized carbons (Fsp3) is 0.174. The number of aliphatic hydroxyl groups is 1. The van der Waals surface area contributed by atoms with Gasteiger partial charge in [-0.15, -0.1) is 11.8 Å². The predicted molar refractivity (Wildman–Crippen MR) is 115 cm³/mol. The van der Waals surface area contributed by atoms with Gasteiger partial charge in [-0.2, -0.15) is 27.1 Å². The molecule has 0 fully saturated rings. The fourth-order valence-corrected chi connectivity index (χ4v) is 4.33. The Bertz CT molecular complexity index is 1230. The number of fused-ring (bicyclic) bond motifs is 1. The number of rotatable bonds is 7. The van der Waals surface area contributed by atoms with Crippen LogP contribution in [0.3, 0.4) is 0 Å². The SMILES string of the molecule is OC(CSc1ccc(OC(F)F)cc1)(c1ccc2c(cnn2-c2ccccc2)c1)C(F)(F)F. The predicted octanol–water partition coefficient (Wildman–Crippen LogP) is 6.17. The lowest BCUT2D eigenvalue weighted by Crippen LogP contribution is -2.44. The number of ether oxygens (including phenoxy) is 1. The molecule has 0 aliphatic rings. The maximum absolute atomic E-state index is 14.0. The topological polar surface area (TPSA) is 47.3 Å². The number of alkyl halides is 5. The smallest absolute Gasteiger partial charge is 0.422 e. The highest BCUT2D eigenvalue weighted by molar-refractivity contribution is 7.99. The maximum Gasteiger partial charge on any atom is 0.422 e. The van der Waals surface area contributed by atoms with Gasteiger partial charge in [0, 0.05) is 16.0 Å². The van der Waals surface area contributed by atoms with Crippen molar-refractivity contribution in [3.05, 3.63) is 84.6 Å². The van der Waals surface area contributed by atoms with E-state index in [0.29, 0.717) is 15.8 Å². The lowest BCUT2D eigenvalue weighted by Gasteiger charge is -2.30. The van der Waals surface area contributed by atoms with E-state index in [0.717, 1.165) is 17.4 Å². The third-order valence-corrected chi connectivity index (χ3v) is 6.18. The molecule has 172 valence electrons. The highest BCUT2D eigenvalue weighted by atomic mass is 32.2. The average Bonchev–Trinajstić information content (AvgIpc) is 3.21. The Balaban J connectivity index is 1.61. The van der Waals surface area contributed by atoms with Gasteiger partial charge >= 0.3 is 12.8 Å². The molecule has 0 saturated heterocycles. The van der Waals surface area contributed by atoms with E-state index < -0.39 is 24.1 Å². The Kier molecular flexibility index (Phi) is 6.31. The quantitative estimate of drug-likeness (QED) is 0.254. The Hall–Kier alpha value is -3.11. The normalized spacial score (nSPS) is 13.9. The van der Waals surface area contributed by atoms with E-state index in [2.05, 4.69) is 9.84 Å². The summed E-state index contributed by atoms with van der Waals surface area (Å²) in [7, 11) is 0. The van der Waals surface area contributed by atoms with Crippen molar-refractivity contribution in [1.82, 2.24) is 9.78 Å². The molecule has 1 aromatic heterocycles. The largest absolute Gasteiger partial charge is 0.435 e. The third kappa shape index (κ3) is 4.81. The Labute approximate surface area is 189 Å². The molecule has 1 heterocycles. The van der Waals surface area contributed by atoms with Crippen molar-refractivity contribution < 1.29 is 31.8 Å². The molecule has 10 heteroatoms. The lowest BCUT2D eigenvalue weighted by atomic mass is 9.94. The van der Waals surface area contributed by atoms with E-state index in [1.165, 1.54) is 48.7 Å². The second-order valence-corrected chi connectivity index (χ2v) is 8.21. The second kappa shape index (κ2) is 9.03. The first-order valence-electron chi connectivity index (χ1n) is 9.68. The van der Waals surface area contributed by atoms with Crippen LogP contribution in [0.2, 0.25) is 0 Å². The summed E-state index contributed by atoms with van der Waals surface area (Å²) in [6.45, 7) is -3.00. The zero-order valence-electron chi connectivity index (χ0n) is 16.8. The molecular formula is C23H17F5N2O2S. The Morgan fingerprint density at radius 1 is 0.970 bits per heavy atom.